The Morgan fingerprint density at radius 3 is 2.24 bits per heavy atom. The Morgan fingerprint density at radius 1 is 1.18 bits per heavy atom. The summed E-state index contributed by atoms with van der Waals surface area (Å²) in [5.41, 5.74) is 8.90. The lowest BCUT2D eigenvalue weighted by Gasteiger charge is -2.10. The van der Waals surface area contributed by atoms with Crippen LogP contribution in [0.4, 0.5) is 0 Å². The van der Waals surface area contributed by atoms with Crippen LogP contribution in [0.1, 0.15) is 33.5 Å². The third-order valence-corrected chi connectivity index (χ3v) is 2.86. The minimum atomic E-state index is -1.15. The molecule has 0 radical (unpaired) electrons. The molecule has 17 heavy (non-hydrogen) atoms. The fraction of sp³-hybridized carbons (Fsp3) is 0.385. The highest BCUT2D eigenvalue weighted by Gasteiger charge is 2.19. The van der Waals surface area contributed by atoms with Gasteiger partial charge in [-0.1, -0.05) is 6.07 Å². The van der Waals surface area contributed by atoms with E-state index in [0.717, 1.165) is 16.7 Å². The molecule has 92 valence electrons. The Bertz CT molecular complexity index is 466. The second-order valence-corrected chi connectivity index (χ2v) is 4.32. The SMILES string of the molecule is Cc1cc(C)c(C(=O)C[C@H](N)C(=O)O)cc1C. The number of rotatable bonds is 4. The summed E-state index contributed by atoms with van der Waals surface area (Å²) in [6.07, 6.45) is -0.168. The lowest BCUT2D eigenvalue weighted by Crippen LogP contribution is -2.32. The number of carbonyl (C=O) groups excluding carboxylic acids is 1. The second kappa shape index (κ2) is 5.10. The van der Waals surface area contributed by atoms with Gasteiger partial charge in [0.1, 0.15) is 6.04 Å². The van der Waals surface area contributed by atoms with Gasteiger partial charge in [0.15, 0.2) is 5.78 Å². The van der Waals surface area contributed by atoms with Crippen molar-refractivity contribution in [2.45, 2.75) is 33.2 Å². The van der Waals surface area contributed by atoms with Gasteiger partial charge >= 0.3 is 5.97 Å². The Balaban J connectivity index is 2.97. The number of hydrogen-bond acceptors (Lipinski definition) is 3. The number of hydrogen-bond donors (Lipinski definition) is 2. The van der Waals surface area contributed by atoms with E-state index in [-0.39, 0.29) is 12.2 Å². The van der Waals surface area contributed by atoms with E-state index < -0.39 is 12.0 Å². The minimum absolute atomic E-state index is 0.168. The highest BCUT2D eigenvalue weighted by molar-refractivity contribution is 6.00. The molecule has 0 aromatic heterocycles. The van der Waals surface area contributed by atoms with Gasteiger partial charge in [-0.05, 0) is 43.5 Å². The van der Waals surface area contributed by atoms with Crippen molar-refractivity contribution in [3.63, 3.8) is 0 Å². The third-order valence-electron chi connectivity index (χ3n) is 2.86. The van der Waals surface area contributed by atoms with Gasteiger partial charge in [-0.15, -0.1) is 0 Å². The van der Waals surface area contributed by atoms with E-state index >= 15 is 0 Å². The number of benzene rings is 1. The van der Waals surface area contributed by atoms with E-state index in [9.17, 15) is 9.59 Å². The predicted molar refractivity (Wildman–Crippen MR) is 65.2 cm³/mol. The van der Waals surface area contributed by atoms with E-state index in [2.05, 4.69) is 0 Å². The highest BCUT2D eigenvalue weighted by atomic mass is 16.4. The summed E-state index contributed by atoms with van der Waals surface area (Å²) in [4.78, 5) is 22.5. The molecule has 0 saturated heterocycles. The summed E-state index contributed by atoms with van der Waals surface area (Å²) >= 11 is 0. The number of aliphatic carboxylic acids is 1. The topological polar surface area (TPSA) is 80.4 Å². The van der Waals surface area contributed by atoms with E-state index in [4.69, 9.17) is 10.8 Å². The smallest absolute Gasteiger partial charge is 0.320 e. The summed E-state index contributed by atoms with van der Waals surface area (Å²) in [6, 6.07) is 2.58. The van der Waals surface area contributed by atoms with Crippen LogP contribution >= 0.6 is 0 Å². The Kier molecular flexibility index (Phi) is 4.02. The van der Waals surface area contributed by atoms with Gasteiger partial charge in [-0.2, -0.15) is 0 Å². The van der Waals surface area contributed by atoms with E-state index in [1.54, 1.807) is 6.07 Å². The van der Waals surface area contributed by atoms with Crippen molar-refractivity contribution < 1.29 is 14.7 Å². The minimum Gasteiger partial charge on any atom is -0.480 e. The maximum atomic E-state index is 11.9. The van der Waals surface area contributed by atoms with E-state index in [1.165, 1.54) is 0 Å². The number of carboxylic acid groups (broad SMARTS) is 1. The van der Waals surface area contributed by atoms with Crippen LogP contribution in [0.3, 0.4) is 0 Å². The number of carboxylic acids is 1. The Labute approximate surface area is 100 Å². The van der Waals surface area contributed by atoms with Crippen molar-refractivity contribution in [1.29, 1.82) is 0 Å². The maximum absolute atomic E-state index is 11.9. The van der Waals surface area contributed by atoms with Crippen LogP contribution in [0, 0.1) is 20.8 Å². The van der Waals surface area contributed by atoms with Gasteiger partial charge in [0.25, 0.3) is 0 Å². The van der Waals surface area contributed by atoms with Crippen LogP contribution in [0.2, 0.25) is 0 Å². The molecule has 1 aromatic rings. The molecule has 3 N–H and O–H groups in total. The van der Waals surface area contributed by atoms with Crippen molar-refractivity contribution >= 4 is 11.8 Å². The maximum Gasteiger partial charge on any atom is 0.320 e. The quantitative estimate of drug-likeness (QED) is 0.777. The first-order valence-corrected chi connectivity index (χ1v) is 5.42. The molecule has 0 aliphatic heterocycles. The molecule has 1 aromatic carbocycles. The van der Waals surface area contributed by atoms with Gasteiger partial charge in [0.2, 0.25) is 0 Å². The molecular weight excluding hydrogens is 218 g/mol. The number of Topliss-reactive ketones (excluding diaryl/α,β-unsaturated/α-hetero) is 1. The molecule has 1 atom stereocenters. The summed E-state index contributed by atoms with van der Waals surface area (Å²) in [5.74, 6) is -1.37. The first-order chi connectivity index (χ1) is 7.82. The fourth-order valence-corrected chi connectivity index (χ4v) is 1.66. The molecular formula is C13H17NO3. The van der Waals surface area contributed by atoms with E-state index in [0.29, 0.717) is 5.56 Å². The Hall–Kier alpha value is -1.68. The van der Waals surface area contributed by atoms with E-state index in [1.807, 2.05) is 26.8 Å². The van der Waals surface area contributed by atoms with Gasteiger partial charge in [-0.25, -0.2) is 0 Å². The van der Waals surface area contributed by atoms with Crippen molar-refractivity contribution in [1.82, 2.24) is 0 Å². The number of nitrogens with two attached hydrogens (primary N) is 1. The van der Waals surface area contributed by atoms with Crippen LogP contribution in [0.25, 0.3) is 0 Å². The zero-order valence-corrected chi connectivity index (χ0v) is 10.3. The lowest BCUT2D eigenvalue weighted by atomic mass is 9.95. The first kappa shape index (κ1) is 13.4. The number of aryl methyl sites for hydroxylation is 3. The van der Waals surface area contributed by atoms with Crippen LogP contribution in [0.5, 0.6) is 0 Å². The lowest BCUT2D eigenvalue weighted by molar-refractivity contribution is -0.138. The van der Waals surface area contributed by atoms with Crippen molar-refractivity contribution in [3.05, 3.63) is 34.4 Å². The molecule has 0 amide bonds. The normalized spacial score (nSPS) is 12.2. The van der Waals surface area contributed by atoms with Gasteiger partial charge < -0.3 is 10.8 Å². The van der Waals surface area contributed by atoms with Crippen molar-refractivity contribution in [2.24, 2.45) is 5.73 Å². The number of carbonyl (C=O) groups is 2. The second-order valence-electron chi connectivity index (χ2n) is 4.32. The third kappa shape index (κ3) is 3.14. The van der Waals surface area contributed by atoms with Crippen LogP contribution in [0.15, 0.2) is 12.1 Å². The fourth-order valence-electron chi connectivity index (χ4n) is 1.66. The molecule has 4 nitrogen and oxygen atoms in total. The molecule has 4 heteroatoms. The van der Waals surface area contributed by atoms with Crippen molar-refractivity contribution in [3.8, 4) is 0 Å². The molecule has 0 aliphatic carbocycles. The van der Waals surface area contributed by atoms with Crippen LogP contribution in [-0.2, 0) is 4.79 Å². The van der Waals surface area contributed by atoms with Crippen LogP contribution < -0.4 is 5.73 Å². The average Bonchev–Trinajstić information content (AvgIpc) is 2.22. The molecule has 1 rings (SSSR count). The van der Waals surface area contributed by atoms with Crippen LogP contribution in [-0.4, -0.2) is 22.9 Å². The standard InChI is InChI=1S/C13H17NO3/c1-7-4-9(3)10(5-8(7)2)12(15)6-11(14)13(16)17/h4-5,11H,6,14H2,1-3H3,(H,16,17)/t11-/m0/s1. The summed E-state index contributed by atoms with van der Waals surface area (Å²) in [6.45, 7) is 5.73. The number of ketones is 1. The average molecular weight is 235 g/mol. The molecule has 0 fully saturated rings. The molecule has 0 saturated carbocycles. The van der Waals surface area contributed by atoms with Gasteiger partial charge in [-0.3, -0.25) is 9.59 Å². The zero-order valence-electron chi connectivity index (χ0n) is 10.3. The highest BCUT2D eigenvalue weighted by Crippen LogP contribution is 2.17. The largest absolute Gasteiger partial charge is 0.480 e. The van der Waals surface area contributed by atoms with Gasteiger partial charge in [0.05, 0.1) is 0 Å². The van der Waals surface area contributed by atoms with Crippen molar-refractivity contribution in [2.75, 3.05) is 0 Å². The predicted octanol–water partition coefficient (Wildman–Crippen LogP) is 1.60. The molecule has 0 aliphatic rings. The molecule has 0 bridgehead atoms. The summed E-state index contributed by atoms with van der Waals surface area (Å²) in [7, 11) is 0. The zero-order chi connectivity index (χ0) is 13.2. The Morgan fingerprint density at radius 2 is 1.71 bits per heavy atom. The monoisotopic (exact) mass is 235 g/mol. The molecule has 0 unspecified atom stereocenters. The summed E-state index contributed by atoms with van der Waals surface area (Å²) < 4.78 is 0. The first-order valence-electron chi connectivity index (χ1n) is 5.42. The molecule has 0 heterocycles. The summed E-state index contributed by atoms with van der Waals surface area (Å²) in [5, 5.41) is 8.67. The molecule has 0 spiro atoms. The van der Waals surface area contributed by atoms with Gasteiger partial charge in [0, 0.05) is 12.0 Å².